The second-order valence-electron chi connectivity index (χ2n) is 4.22. The minimum atomic E-state index is -0.530. The number of hydrogen-bond acceptors (Lipinski definition) is 7. The summed E-state index contributed by atoms with van der Waals surface area (Å²) in [6.45, 7) is 0.573. The predicted octanol–water partition coefficient (Wildman–Crippen LogP) is 0.318. The second-order valence-corrected chi connectivity index (χ2v) is 4.22. The van der Waals surface area contributed by atoms with Gasteiger partial charge in [0.2, 0.25) is 11.8 Å². The van der Waals surface area contributed by atoms with Gasteiger partial charge in [0, 0.05) is 6.54 Å². The van der Waals surface area contributed by atoms with Crippen LogP contribution in [0.25, 0.3) is 0 Å². The number of aliphatic hydroxyl groups is 1. The van der Waals surface area contributed by atoms with E-state index >= 15 is 0 Å². The molecule has 3 N–H and O–H groups in total. The summed E-state index contributed by atoms with van der Waals surface area (Å²) in [5, 5.41) is 20.3. The molecule has 98 valence electrons. The maximum absolute atomic E-state index is 11.0. The minimum Gasteiger partial charge on any atom is -0.394 e. The molecule has 0 aromatic carbocycles. The molecule has 8 nitrogen and oxygen atoms in total. The van der Waals surface area contributed by atoms with Gasteiger partial charge in [-0.15, -0.1) is 0 Å². The van der Waals surface area contributed by atoms with Crippen molar-refractivity contribution in [3.05, 3.63) is 16.3 Å². The largest absolute Gasteiger partial charge is 0.394 e. The Morgan fingerprint density at radius 2 is 2.39 bits per heavy atom. The molecule has 0 amide bonds. The Morgan fingerprint density at radius 3 is 3.06 bits per heavy atom. The van der Waals surface area contributed by atoms with Crippen LogP contribution < -0.4 is 10.6 Å². The molecular formula is C10H15N5O3. The van der Waals surface area contributed by atoms with E-state index in [1.54, 1.807) is 4.90 Å². The minimum absolute atomic E-state index is 0.00198. The van der Waals surface area contributed by atoms with E-state index in [4.69, 9.17) is 5.73 Å². The summed E-state index contributed by atoms with van der Waals surface area (Å²) in [4.78, 5) is 19.8. The summed E-state index contributed by atoms with van der Waals surface area (Å²) in [6, 6.07) is -0.147. The molecule has 1 aromatic heterocycles. The zero-order valence-electron chi connectivity index (χ0n) is 9.82. The Bertz CT molecular complexity index is 453. The van der Waals surface area contributed by atoms with Gasteiger partial charge in [0.15, 0.2) is 0 Å². The number of nitrogen functional groups attached to an aromatic ring is 1. The van der Waals surface area contributed by atoms with E-state index in [0.29, 0.717) is 6.54 Å². The van der Waals surface area contributed by atoms with Gasteiger partial charge in [-0.2, -0.15) is 4.98 Å². The summed E-state index contributed by atoms with van der Waals surface area (Å²) in [7, 11) is 0. The van der Waals surface area contributed by atoms with Crippen molar-refractivity contribution < 1.29 is 10.0 Å². The fourth-order valence-electron chi connectivity index (χ4n) is 2.19. The van der Waals surface area contributed by atoms with Gasteiger partial charge in [-0.3, -0.25) is 10.1 Å². The molecule has 1 aliphatic rings. The highest BCUT2D eigenvalue weighted by atomic mass is 16.6. The van der Waals surface area contributed by atoms with E-state index in [0.717, 1.165) is 25.5 Å². The van der Waals surface area contributed by atoms with Gasteiger partial charge in [-0.05, 0) is 19.3 Å². The third kappa shape index (κ3) is 2.33. The number of aliphatic hydroxyl groups excluding tert-OH is 1. The monoisotopic (exact) mass is 253 g/mol. The van der Waals surface area contributed by atoms with Crippen LogP contribution in [0.15, 0.2) is 6.20 Å². The Hall–Kier alpha value is -1.96. The highest BCUT2D eigenvalue weighted by Gasteiger charge is 2.29. The molecule has 18 heavy (non-hydrogen) atoms. The lowest BCUT2D eigenvalue weighted by Gasteiger charge is -2.34. The third-order valence-corrected chi connectivity index (χ3v) is 3.08. The fourth-order valence-corrected chi connectivity index (χ4v) is 2.19. The van der Waals surface area contributed by atoms with Crippen molar-refractivity contribution in [3.8, 4) is 0 Å². The maximum Gasteiger partial charge on any atom is 0.329 e. The van der Waals surface area contributed by atoms with Crippen LogP contribution in [-0.2, 0) is 0 Å². The van der Waals surface area contributed by atoms with E-state index in [9.17, 15) is 15.2 Å². The van der Waals surface area contributed by atoms with Gasteiger partial charge in [-0.1, -0.05) is 0 Å². The zero-order chi connectivity index (χ0) is 13.1. The van der Waals surface area contributed by atoms with Gasteiger partial charge in [0.1, 0.15) is 6.20 Å². The van der Waals surface area contributed by atoms with Gasteiger partial charge in [0.25, 0.3) is 0 Å². The molecule has 0 bridgehead atoms. The number of nitrogens with zero attached hydrogens (tertiary/aromatic N) is 4. The van der Waals surface area contributed by atoms with Crippen LogP contribution in [0.4, 0.5) is 17.5 Å². The van der Waals surface area contributed by atoms with Crippen molar-refractivity contribution in [1.82, 2.24) is 9.97 Å². The molecule has 1 fully saturated rings. The Labute approximate surface area is 104 Å². The van der Waals surface area contributed by atoms with Crippen molar-refractivity contribution in [2.45, 2.75) is 25.3 Å². The molecule has 0 aliphatic carbocycles. The number of piperidine rings is 1. The Balaban J connectivity index is 2.41. The average Bonchev–Trinajstić information content (AvgIpc) is 2.38. The third-order valence-electron chi connectivity index (χ3n) is 3.08. The number of hydrogen-bond donors (Lipinski definition) is 2. The molecule has 1 saturated heterocycles. The quantitative estimate of drug-likeness (QED) is 0.588. The summed E-state index contributed by atoms with van der Waals surface area (Å²) < 4.78 is 0. The first-order chi connectivity index (χ1) is 8.63. The van der Waals surface area contributed by atoms with E-state index in [1.807, 2.05) is 0 Å². The number of anilines is 2. The Kier molecular flexibility index (Phi) is 3.56. The fraction of sp³-hybridized carbons (Fsp3) is 0.600. The van der Waals surface area contributed by atoms with Crippen LogP contribution in [-0.4, -0.2) is 39.2 Å². The van der Waals surface area contributed by atoms with Crippen molar-refractivity contribution in [2.75, 3.05) is 23.8 Å². The van der Waals surface area contributed by atoms with Crippen LogP contribution in [0.3, 0.4) is 0 Å². The number of nitrogens with two attached hydrogens (primary N) is 1. The van der Waals surface area contributed by atoms with Gasteiger partial charge < -0.3 is 15.7 Å². The first kappa shape index (κ1) is 12.5. The molecule has 0 radical (unpaired) electrons. The molecule has 1 aliphatic heterocycles. The van der Waals surface area contributed by atoms with Crippen LogP contribution in [0.2, 0.25) is 0 Å². The topological polar surface area (TPSA) is 118 Å². The van der Waals surface area contributed by atoms with Crippen LogP contribution >= 0.6 is 0 Å². The summed E-state index contributed by atoms with van der Waals surface area (Å²) in [5.74, 6) is 0.198. The van der Waals surface area contributed by atoms with Crippen molar-refractivity contribution in [2.24, 2.45) is 0 Å². The van der Waals surface area contributed by atoms with E-state index < -0.39 is 4.92 Å². The molecular weight excluding hydrogens is 238 g/mol. The zero-order valence-corrected chi connectivity index (χ0v) is 9.82. The maximum atomic E-state index is 11.0. The lowest BCUT2D eigenvalue weighted by molar-refractivity contribution is -0.384. The molecule has 2 rings (SSSR count). The molecule has 0 spiro atoms. The first-order valence-corrected chi connectivity index (χ1v) is 5.78. The van der Waals surface area contributed by atoms with Crippen molar-refractivity contribution >= 4 is 17.5 Å². The highest BCUT2D eigenvalue weighted by Crippen LogP contribution is 2.30. The highest BCUT2D eigenvalue weighted by molar-refractivity contribution is 5.59. The molecule has 1 atom stereocenters. The average molecular weight is 253 g/mol. The van der Waals surface area contributed by atoms with E-state index in [1.165, 1.54) is 0 Å². The van der Waals surface area contributed by atoms with Gasteiger partial charge in [-0.25, -0.2) is 4.98 Å². The van der Waals surface area contributed by atoms with Crippen LogP contribution in [0.5, 0.6) is 0 Å². The number of rotatable bonds is 3. The molecule has 1 unspecified atom stereocenters. The lowest BCUT2D eigenvalue weighted by Crippen LogP contribution is -2.42. The molecule has 2 heterocycles. The molecule has 1 aromatic rings. The Morgan fingerprint density at radius 1 is 1.61 bits per heavy atom. The molecule has 8 heteroatoms. The summed E-state index contributed by atoms with van der Waals surface area (Å²) >= 11 is 0. The second kappa shape index (κ2) is 5.13. The smallest absolute Gasteiger partial charge is 0.329 e. The lowest BCUT2D eigenvalue weighted by atomic mass is 10.0. The summed E-state index contributed by atoms with van der Waals surface area (Å²) in [6.07, 6.45) is 3.81. The number of nitro groups is 1. The van der Waals surface area contributed by atoms with Gasteiger partial charge in [0.05, 0.1) is 17.6 Å². The van der Waals surface area contributed by atoms with E-state index in [2.05, 4.69) is 9.97 Å². The van der Waals surface area contributed by atoms with Crippen LogP contribution in [0.1, 0.15) is 19.3 Å². The predicted molar refractivity (Wildman–Crippen MR) is 65.2 cm³/mol. The van der Waals surface area contributed by atoms with E-state index in [-0.39, 0.29) is 30.1 Å². The summed E-state index contributed by atoms with van der Waals surface area (Å²) in [5.41, 5.74) is 5.31. The van der Waals surface area contributed by atoms with Crippen molar-refractivity contribution in [1.29, 1.82) is 0 Å². The first-order valence-electron chi connectivity index (χ1n) is 5.78. The molecule has 0 saturated carbocycles. The van der Waals surface area contributed by atoms with Crippen molar-refractivity contribution in [3.63, 3.8) is 0 Å². The number of aromatic nitrogens is 2. The van der Waals surface area contributed by atoms with Crippen LogP contribution in [0, 0.1) is 10.1 Å². The standard InChI is InChI=1S/C10H15N5O3/c11-10-12-5-8(15(17)18)9(13-10)14-4-2-1-3-7(14)6-16/h5,7,16H,1-4,6H2,(H2,11,12,13). The van der Waals surface area contributed by atoms with Gasteiger partial charge >= 0.3 is 5.69 Å². The SMILES string of the molecule is Nc1ncc([N+](=O)[O-])c(N2CCCCC2CO)n1. The normalized spacial score (nSPS) is 19.8.